The van der Waals surface area contributed by atoms with Crippen LogP contribution >= 0.6 is 11.6 Å². The Kier molecular flexibility index (Phi) is 2.77. The van der Waals surface area contributed by atoms with Crippen molar-refractivity contribution in [3.8, 4) is 5.69 Å². The number of nitrogens with zero attached hydrogens (tertiary/aromatic N) is 2. The molecule has 0 fully saturated rings. The zero-order chi connectivity index (χ0) is 15.3. The summed E-state index contributed by atoms with van der Waals surface area (Å²) in [4.78, 5) is 16.6. The Morgan fingerprint density at radius 2 is 1.91 bits per heavy atom. The van der Waals surface area contributed by atoms with Crippen molar-refractivity contribution >= 4 is 33.4 Å². The van der Waals surface area contributed by atoms with Gasteiger partial charge in [0.05, 0.1) is 11.2 Å². The molecule has 108 valence electrons. The predicted molar refractivity (Wildman–Crippen MR) is 84.2 cm³/mol. The monoisotopic (exact) mass is 313 g/mol. The van der Waals surface area contributed by atoms with Crippen LogP contribution in [0, 0.1) is 5.82 Å². The highest BCUT2D eigenvalue weighted by Gasteiger charge is 2.14. The first-order chi connectivity index (χ1) is 10.6. The molecule has 0 amide bonds. The Balaban J connectivity index is 2.10. The molecule has 2 heterocycles. The number of pyridine rings is 1. The van der Waals surface area contributed by atoms with Crippen molar-refractivity contribution in [3.63, 3.8) is 0 Å². The highest BCUT2D eigenvalue weighted by atomic mass is 35.5. The molecule has 0 radical (unpaired) electrons. The van der Waals surface area contributed by atoms with E-state index < -0.39 is 5.82 Å². The third-order valence-corrected chi connectivity index (χ3v) is 3.83. The number of fused-ring (bicyclic) bond motifs is 3. The molecule has 4 nitrogen and oxygen atoms in total. The summed E-state index contributed by atoms with van der Waals surface area (Å²) in [5.41, 5.74) is 0.863. The molecule has 0 aliphatic rings. The van der Waals surface area contributed by atoms with E-state index in [-0.39, 0.29) is 11.1 Å². The SMILES string of the molecule is O=c1c2ncc3cccc(F)c3c2[nH]n1-c1ccc(Cl)cc1. The van der Waals surface area contributed by atoms with E-state index in [9.17, 15) is 9.18 Å². The van der Waals surface area contributed by atoms with Crippen molar-refractivity contribution in [2.24, 2.45) is 0 Å². The summed E-state index contributed by atoms with van der Waals surface area (Å²) >= 11 is 5.86. The largest absolute Gasteiger partial charge is 0.297 e. The average Bonchev–Trinajstić information content (AvgIpc) is 2.85. The van der Waals surface area contributed by atoms with Crippen LogP contribution in [0.2, 0.25) is 5.02 Å². The topological polar surface area (TPSA) is 50.7 Å². The van der Waals surface area contributed by atoms with Crippen molar-refractivity contribution < 1.29 is 4.39 Å². The molecule has 0 saturated heterocycles. The molecule has 0 bridgehead atoms. The molecule has 1 N–H and O–H groups in total. The number of halogens is 2. The van der Waals surface area contributed by atoms with Gasteiger partial charge in [0, 0.05) is 22.0 Å². The van der Waals surface area contributed by atoms with E-state index in [4.69, 9.17) is 11.6 Å². The lowest BCUT2D eigenvalue weighted by Gasteiger charge is -2.01. The Hall–Kier alpha value is -2.66. The van der Waals surface area contributed by atoms with E-state index >= 15 is 0 Å². The Bertz CT molecular complexity index is 1070. The number of hydrogen-bond acceptors (Lipinski definition) is 2. The highest BCUT2D eigenvalue weighted by Crippen LogP contribution is 2.23. The molecular weight excluding hydrogens is 305 g/mol. The molecule has 4 rings (SSSR count). The lowest BCUT2D eigenvalue weighted by atomic mass is 10.1. The second-order valence-corrected chi connectivity index (χ2v) is 5.35. The maximum absolute atomic E-state index is 14.1. The lowest BCUT2D eigenvalue weighted by Crippen LogP contribution is -2.14. The molecule has 4 aromatic rings. The maximum Gasteiger partial charge on any atom is 0.297 e. The maximum atomic E-state index is 14.1. The first-order valence-corrected chi connectivity index (χ1v) is 6.97. The summed E-state index contributed by atoms with van der Waals surface area (Å²) in [6, 6.07) is 11.5. The van der Waals surface area contributed by atoms with Gasteiger partial charge in [-0.1, -0.05) is 23.7 Å². The molecule has 6 heteroatoms. The quantitative estimate of drug-likeness (QED) is 0.583. The molecule has 22 heavy (non-hydrogen) atoms. The zero-order valence-electron chi connectivity index (χ0n) is 11.2. The summed E-state index contributed by atoms with van der Waals surface area (Å²) < 4.78 is 15.5. The number of nitrogens with one attached hydrogen (secondary N) is 1. The summed E-state index contributed by atoms with van der Waals surface area (Å²) in [5, 5.41) is 4.51. The summed E-state index contributed by atoms with van der Waals surface area (Å²) in [5.74, 6) is -0.394. The predicted octanol–water partition coefficient (Wildman–Crippen LogP) is 3.66. The van der Waals surface area contributed by atoms with E-state index in [0.717, 1.165) is 0 Å². The van der Waals surface area contributed by atoms with Crippen LogP contribution in [0.15, 0.2) is 53.5 Å². The first-order valence-electron chi connectivity index (χ1n) is 6.59. The minimum absolute atomic E-state index is 0.201. The van der Waals surface area contributed by atoms with Crippen molar-refractivity contribution in [2.45, 2.75) is 0 Å². The summed E-state index contributed by atoms with van der Waals surface area (Å²) in [6.45, 7) is 0. The van der Waals surface area contributed by atoms with Crippen molar-refractivity contribution in [1.29, 1.82) is 0 Å². The van der Waals surface area contributed by atoms with Crippen LogP contribution in [0.3, 0.4) is 0 Å². The number of aromatic nitrogens is 3. The number of aromatic amines is 1. The van der Waals surface area contributed by atoms with Gasteiger partial charge in [-0.25, -0.2) is 14.1 Å². The van der Waals surface area contributed by atoms with E-state index in [2.05, 4.69) is 10.1 Å². The van der Waals surface area contributed by atoms with Crippen LogP contribution < -0.4 is 5.56 Å². The molecule has 0 aliphatic carbocycles. The number of hydrogen-bond donors (Lipinski definition) is 1. The summed E-state index contributed by atoms with van der Waals surface area (Å²) in [7, 11) is 0. The number of benzene rings is 2. The Labute approximate surface area is 128 Å². The third kappa shape index (κ3) is 1.83. The smallest absolute Gasteiger partial charge is 0.288 e. The fourth-order valence-electron chi connectivity index (χ4n) is 2.54. The molecule has 0 saturated carbocycles. The van der Waals surface area contributed by atoms with Gasteiger partial charge in [0.25, 0.3) is 5.56 Å². The standard InChI is InChI=1S/C16H9ClFN3O/c17-10-4-6-11(7-5-10)21-16(22)15-14(20-21)13-9(8-19-15)2-1-3-12(13)18/h1-8,20H. The molecule has 0 aliphatic heterocycles. The first kappa shape index (κ1) is 13.0. The molecule has 0 atom stereocenters. The van der Waals surface area contributed by atoms with Gasteiger partial charge in [0.2, 0.25) is 0 Å². The van der Waals surface area contributed by atoms with Gasteiger partial charge in [-0.2, -0.15) is 0 Å². The van der Waals surface area contributed by atoms with Crippen LogP contribution in [-0.4, -0.2) is 14.8 Å². The Morgan fingerprint density at radius 3 is 2.68 bits per heavy atom. The van der Waals surface area contributed by atoms with E-state index in [1.807, 2.05) is 0 Å². The van der Waals surface area contributed by atoms with Crippen LogP contribution in [0.25, 0.3) is 27.5 Å². The molecule has 0 spiro atoms. The normalized spacial score (nSPS) is 11.4. The minimum Gasteiger partial charge on any atom is -0.288 e. The molecule has 2 aromatic heterocycles. The van der Waals surface area contributed by atoms with Gasteiger partial charge >= 0.3 is 0 Å². The van der Waals surface area contributed by atoms with E-state index in [1.54, 1.807) is 36.4 Å². The third-order valence-electron chi connectivity index (χ3n) is 3.58. The zero-order valence-corrected chi connectivity index (χ0v) is 11.9. The van der Waals surface area contributed by atoms with Gasteiger partial charge in [-0.15, -0.1) is 0 Å². The Morgan fingerprint density at radius 1 is 1.14 bits per heavy atom. The number of rotatable bonds is 1. The van der Waals surface area contributed by atoms with Gasteiger partial charge in [-0.3, -0.25) is 9.89 Å². The van der Waals surface area contributed by atoms with E-state index in [0.29, 0.717) is 27.0 Å². The van der Waals surface area contributed by atoms with Crippen LogP contribution in [0.5, 0.6) is 0 Å². The molecule has 2 aromatic carbocycles. The second kappa shape index (κ2) is 4.68. The van der Waals surface area contributed by atoms with Gasteiger partial charge in [-0.05, 0) is 30.3 Å². The fourth-order valence-corrected chi connectivity index (χ4v) is 2.67. The highest BCUT2D eigenvalue weighted by molar-refractivity contribution is 6.30. The van der Waals surface area contributed by atoms with Crippen molar-refractivity contribution in [2.75, 3.05) is 0 Å². The summed E-state index contributed by atoms with van der Waals surface area (Å²) in [6.07, 6.45) is 1.50. The van der Waals surface area contributed by atoms with Crippen molar-refractivity contribution in [3.05, 3.63) is 69.9 Å². The van der Waals surface area contributed by atoms with Crippen LogP contribution in [-0.2, 0) is 0 Å². The van der Waals surface area contributed by atoms with Gasteiger partial charge in [0.1, 0.15) is 5.82 Å². The fraction of sp³-hybridized carbons (Fsp3) is 0. The molecule has 0 unspecified atom stereocenters. The molecular formula is C16H9ClFN3O. The van der Waals surface area contributed by atoms with Crippen LogP contribution in [0.4, 0.5) is 4.39 Å². The van der Waals surface area contributed by atoms with E-state index in [1.165, 1.54) is 16.9 Å². The second-order valence-electron chi connectivity index (χ2n) is 4.91. The van der Waals surface area contributed by atoms with Crippen molar-refractivity contribution in [1.82, 2.24) is 14.8 Å². The van der Waals surface area contributed by atoms with Gasteiger partial charge in [0.15, 0.2) is 5.52 Å². The number of H-pyrrole nitrogens is 1. The minimum atomic E-state index is -0.394. The average molecular weight is 314 g/mol. The van der Waals surface area contributed by atoms with Crippen LogP contribution in [0.1, 0.15) is 0 Å². The lowest BCUT2D eigenvalue weighted by molar-refractivity contribution is 0.640. The van der Waals surface area contributed by atoms with Gasteiger partial charge < -0.3 is 0 Å².